The lowest BCUT2D eigenvalue weighted by atomic mass is 10.2. The average molecular weight is 414 g/mol. The Kier molecular flexibility index (Phi) is 4.86. The molecule has 0 bridgehead atoms. The van der Waals surface area contributed by atoms with E-state index in [1.54, 1.807) is 0 Å². The molecule has 0 aromatic heterocycles. The first-order chi connectivity index (χ1) is 6.52. The van der Waals surface area contributed by atoms with Crippen molar-refractivity contribution in [3.8, 4) is 0 Å². The van der Waals surface area contributed by atoms with E-state index in [4.69, 9.17) is 4.74 Å². The molecule has 1 aromatic rings. The molecule has 0 aliphatic heterocycles. The molecule has 0 fully saturated rings. The highest BCUT2D eigenvalue weighted by Gasteiger charge is 2.23. The molecule has 0 saturated heterocycles. The van der Waals surface area contributed by atoms with Gasteiger partial charge in [-0.3, -0.25) is 0 Å². The van der Waals surface area contributed by atoms with Gasteiger partial charge in [-0.15, -0.1) is 0 Å². The molecular formula is C11H12I2O. The summed E-state index contributed by atoms with van der Waals surface area (Å²) >= 11 is 4.51. The molecular weight excluding hydrogens is 402 g/mol. The Morgan fingerprint density at radius 1 is 1.36 bits per heavy atom. The van der Waals surface area contributed by atoms with Gasteiger partial charge in [0.25, 0.3) is 0 Å². The monoisotopic (exact) mass is 414 g/mol. The van der Waals surface area contributed by atoms with Gasteiger partial charge in [0, 0.05) is 0 Å². The number of alkyl halides is 2. The molecule has 0 atom stereocenters. The summed E-state index contributed by atoms with van der Waals surface area (Å²) in [6.45, 7) is 6.50. The van der Waals surface area contributed by atoms with Crippen LogP contribution in [0.5, 0.6) is 0 Å². The van der Waals surface area contributed by atoms with Gasteiger partial charge < -0.3 is 4.74 Å². The second-order valence-corrected chi connectivity index (χ2v) is 8.17. The Morgan fingerprint density at radius 2 is 1.93 bits per heavy atom. The van der Waals surface area contributed by atoms with Crippen LogP contribution in [0.1, 0.15) is 12.5 Å². The summed E-state index contributed by atoms with van der Waals surface area (Å²) in [5.74, 6) is 0. The van der Waals surface area contributed by atoms with Crippen molar-refractivity contribution in [3.05, 3.63) is 48.0 Å². The largest absolute Gasteiger partial charge is 0.347 e. The Hall–Kier alpha value is 0.380. The lowest BCUT2D eigenvalue weighted by molar-refractivity contribution is 0.120. The maximum Gasteiger partial charge on any atom is 0.190 e. The molecule has 0 radical (unpaired) electrons. The van der Waals surface area contributed by atoms with Crippen molar-refractivity contribution < 1.29 is 4.74 Å². The van der Waals surface area contributed by atoms with E-state index >= 15 is 0 Å². The number of hydrogen-bond donors (Lipinski definition) is 0. The van der Waals surface area contributed by atoms with Crippen LogP contribution in [0.4, 0.5) is 0 Å². The fourth-order valence-electron chi connectivity index (χ4n) is 0.871. The third kappa shape index (κ3) is 3.86. The van der Waals surface area contributed by atoms with E-state index < -0.39 is 0 Å². The van der Waals surface area contributed by atoms with Crippen molar-refractivity contribution in [1.82, 2.24) is 0 Å². The van der Waals surface area contributed by atoms with Crippen molar-refractivity contribution in [2.45, 2.75) is 15.1 Å². The zero-order valence-corrected chi connectivity index (χ0v) is 12.3. The highest BCUT2D eigenvalue weighted by atomic mass is 127. The first-order valence-electron chi connectivity index (χ1n) is 4.24. The molecule has 0 heterocycles. The van der Waals surface area contributed by atoms with Crippen molar-refractivity contribution in [1.29, 1.82) is 0 Å². The third-order valence-corrected chi connectivity index (χ3v) is 4.22. The number of rotatable bonds is 4. The van der Waals surface area contributed by atoms with Crippen LogP contribution in [0.15, 0.2) is 42.5 Å². The van der Waals surface area contributed by atoms with Gasteiger partial charge in [-0.25, -0.2) is 0 Å². The zero-order valence-electron chi connectivity index (χ0n) is 7.97. The third-order valence-electron chi connectivity index (χ3n) is 1.76. The molecule has 1 nitrogen and oxygen atoms in total. The Morgan fingerprint density at radius 3 is 2.43 bits per heavy atom. The molecule has 76 valence electrons. The minimum atomic E-state index is -0.300. The van der Waals surface area contributed by atoms with E-state index in [-0.39, 0.29) is 1.61 Å². The van der Waals surface area contributed by atoms with Gasteiger partial charge >= 0.3 is 0 Å². The van der Waals surface area contributed by atoms with Gasteiger partial charge in [0.15, 0.2) is 1.61 Å². The van der Waals surface area contributed by atoms with Gasteiger partial charge in [0.1, 0.15) is 0 Å². The van der Waals surface area contributed by atoms with E-state index in [0.717, 1.165) is 5.57 Å². The fraction of sp³-hybridized carbons (Fsp3) is 0.273. The molecule has 0 spiro atoms. The minimum Gasteiger partial charge on any atom is -0.347 e. The van der Waals surface area contributed by atoms with Crippen LogP contribution in [0.2, 0.25) is 0 Å². The average Bonchev–Trinajstić information content (AvgIpc) is 2.16. The molecule has 0 N–H and O–H groups in total. The van der Waals surface area contributed by atoms with E-state index in [0.29, 0.717) is 6.61 Å². The smallest absolute Gasteiger partial charge is 0.190 e. The van der Waals surface area contributed by atoms with Crippen LogP contribution in [-0.2, 0) is 11.3 Å². The first kappa shape index (κ1) is 12.4. The maximum atomic E-state index is 5.75. The normalized spacial score (nSPS) is 11.4. The highest BCUT2D eigenvalue weighted by molar-refractivity contribution is 14.2. The predicted octanol–water partition coefficient (Wildman–Crippen LogP) is 4.30. The van der Waals surface area contributed by atoms with E-state index in [1.807, 2.05) is 25.1 Å². The van der Waals surface area contributed by atoms with E-state index in [2.05, 4.69) is 63.9 Å². The summed E-state index contributed by atoms with van der Waals surface area (Å²) in [6.07, 6.45) is 0. The summed E-state index contributed by atoms with van der Waals surface area (Å²) in [7, 11) is 0. The quantitative estimate of drug-likeness (QED) is 0.406. The minimum absolute atomic E-state index is 0.300. The van der Waals surface area contributed by atoms with Crippen molar-refractivity contribution >= 4 is 45.2 Å². The molecule has 1 aromatic carbocycles. The Labute approximate surface area is 112 Å². The molecule has 0 aliphatic carbocycles. The molecule has 1 rings (SSSR count). The van der Waals surface area contributed by atoms with Gasteiger partial charge in [0.2, 0.25) is 0 Å². The van der Waals surface area contributed by atoms with Crippen LogP contribution < -0.4 is 0 Å². The van der Waals surface area contributed by atoms with Gasteiger partial charge in [0.05, 0.1) is 6.61 Å². The Bertz CT molecular complexity index is 306. The molecule has 3 heteroatoms. The number of halogens is 2. The second kappa shape index (κ2) is 5.46. The van der Waals surface area contributed by atoms with Crippen molar-refractivity contribution in [3.63, 3.8) is 0 Å². The molecule has 0 saturated carbocycles. The van der Waals surface area contributed by atoms with E-state index in [1.165, 1.54) is 5.56 Å². The molecule has 0 aliphatic rings. The number of ether oxygens (including phenoxy) is 1. The van der Waals surface area contributed by atoms with Crippen LogP contribution in [-0.4, -0.2) is 1.61 Å². The second-order valence-electron chi connectivity index (χ2n) is 3.07. The van der Waals surface area contributed by atoms with Crippen molar-refractivity contribution in [2.75, 3.05) is 0 Å². The van der Waals surface area contributed by atoms with Crippen LogP contribution in [0.3, 0.4) is 0 Å². The Balaban J connectivity index is 2.53. The summed E-state index contributed by atoms with van der Waals surface area (Å²) in [4.78, 5) is 0. The highest BCUT2D eigenvalue weighted by Crippen LogP contribution is 2.36. The van der Waals surface area contributed by atoms with Gasteiger partial charge in [-0.05, 0) is 63.2 Å². The number of benzene rings is 1. The lowest BCUT2D eigenvalue weighted by Gasteiger charge is -2.21. The molecule has 0 amide bonds. The first-order valence-corrected chi connectivity index (χ1v) is 6.40. The van der Waals surface area contributed by atoms with Crippen LogP contribution in [0.25, 0.3) is 0 Å². The summed E-state index contributed by atoms with van der Waals surface area (Å²) < 4.78 is 5.45. The molecule has 0 unspecified atom stereocenters. The lowest BCUT2D eigenvalue weighted by Crippen LogP contribution is -2.16. The fourth-order valence-corrected chi connectivity index (χ4v) is 1.18. The molecule has 14 heavy (non-hydrogen) atoms. The number of hydrogen-bond acceptors (Lipinski definition) is 1. The van der Waals surface area contributed by atoms with Crippen LogP contribution >= 0.6 is 45.2 Å². The summed E-state index contributed by atoms with van der Waals surface area (Å²) in [5.41, 5.74) is 2.21. The SMILES string of the molecule is C=C(C)C(I)(I)OCc1ccccc1. The summed E-state index contributed by atoms with van der Waals surface area (Å²) in [6, 6.07) is 10.1. The topological polar surface area (TPSA) is 9.23 Å². The maximum absolute atomic E-state index is 5.75. The van der Waals surface area contributed by atoms with Crippen LogP contribution in [0, 0.1) is 0 Å². The predicted molar refractivity (Wildman–Crippen MR) is 76.8 cm³/mol. The van der Waals surface area contributed by atoms with Crippen molar-refractivity contribution in [2.24, 2.45) is 0 Å². The zero-order chi connectivity index (χ0) is 10.6. The van der Waals surface area contributed by atoms with Gasteiger partial charge in [-0.2, -0.15) is 0 Å². The van der Waals surface area contributed by atoms with Gasteiger partial charge in [-0.1, -0.05) is 36.9 Å². The summed E-state index contributed by atoms with van der Waals surface area (Å²) in [5, 5.41) is 0. The van der Waals surface area contributed by atoms with E-state index in [9.17, 15) is 0 Å². The standard InChI is InChI=1S/C11H12I2O/c1-9(2)11(12,13)14-8-10-6-4-3-5-7-10/h3-7H,1,8H2,2H3.